The summed E-state index contributed by atoms with van der Waals surface area (Å²) in [7, 11) is 0. The van der Waals surface area contributed by atoms with Crippen molar-refractivity contribution in [3.8, 4) is 0 Å². The van der Waals surface area contributed by atoms with Gasteiger partial charge in [0.2, 0.25) is 5.91 Å². The second kappa shape index (κ2) is 6.22. The summed E-state index contributed by atoms with van der Waals surface area (Å²) in [4.78, 5) is 16.7. The molecule has 0 radical (unpaired) electrons. The van der Waals surface area contributed by atoms with Gasteiger partial charge in [0, 0.05) is 18.1 Å². The Bertz CT molecular complexity index is 635. The third kappa shape index (κ3) is 3.05. The van der Waals surface area contributed by atoms with Crippen LogP contribution >= 0.6 is 0 Å². The summed E-state index contributed by atoms with van der Waals surface area (Å²) in [5, 5.41) is 7.47. The fraction of sp³-hybridized carbons (Fsp3) is 0.412. The molecule has 1 aliphatic rings. The molecule has 1 aliphatic heterocycles. The topological polar surface area (TPSA) is 54.0 Å². The number of nitrogens with zero attached hydrogens (tertiary/aromatic N) is 1. The Morgan fingerprint density at radius 3 is 3.10 bits per heavy atom. The number of rotatable bonds is 3. The molecule has 2 heterocycles. The minimum atomic E-state index is -0.0679. The van der Waals surface area contributed by atoms with E-state index in [-0.39, 0.29) is 11.9 Å². The van der Waals surface area contributed by atoms with Gasteiger partial charge in [-0.1, -0.05) is 31.2 Å². The van der Waals surface area contributed by atoms with E-state index in [1.165, 1.54) is 0 Å². The normalized spacial score (nSPS) is 22.1. The standard InChI is InChI=1S/C17H21N3O/c1-12-5-3-9-18-15(12)17(21)20-11-14-7-2-6-13-8-4-10-19-16(13)14/h2,4,6-8,10,12,15,18H,3,5,9,11H2,1H3,(H,20,21). The predicted octanol–water partition coefficient (Wildman–Crippen LogP) is 2.24. The lowest BCUT2D eigenvalue weighted by atomic mass is 9.92. The summed E-state index contributed by atoms with van der Waals surface area (Å²) in [5.41, 5.74) is 2.02. The molecule has 1 fully saturated rings. The monoisotopic (exact) mass is 283 g/mol. The molecule has 1 aromatic carbocycles. The van der Waals surface area contributed by atoms with Crippen LogP contribution in [-0.2, 0) is 11.3 Å². The van der Waals surface area contributed by atoms with E-state index in [2.05, 4.69) is 22.5 Å². The first-order valence-electron chi connectivity index (χ1n) is 7.59. The molecular weight excluding hydrogens is 262 g/mol. The molecule has 0 bridgehead atoms. The summed E-state index contributed by atoms with van der Waals surface area (Å²) >= 11 is 0. The molecule has 0 spiro atoms. The average molecular weight is 283 g/mol. The van der Waals surface area contributed by atoms with Crippen LogP contribution in [0.5, 0.6) is 0 Å². The van der Waals surface area contributed by atoms with Crippen molar-refractivity contribution in [2.24, 2.45) is 5.92 Å². The number of piperidine rings is 1. The molecule has 2 unspecified atom stereocenters. The Kier molecular flexibility index (Phi) is 4.15. The van der Waals surface area contributed by atoms with E-state index in [4.69, 9.17) is 0 Å². The van der Waals surface area contributed by atoms with Crippen LogP contribution in [0.1, 0.15) is 25.3 Å². The number of amides is 1. The number of aromatic nitrogens is 1. The number of carbonyl (C=O) groups excluding carboxylic acids is 1. The van der Waals surface area contributed by atoms with E-state index >= 15 is 0 Å². The quantitative estimate of drug-likeness (QED) is 0.908. The molecule has 4 heteroatoms. The van der Waals surface area contributed by atoms with Crippen LogP contribution in [0, 0.1) is 5.92 Å². The first kappa shape index (κ1) is 14.0. The Balaban J connectivity index is 1.70. The predicted molar refractivity (Wildman–Crippen MR) is 83.8 cm³/mol. The highest BCUT2D eigenvalue weighted by molar-refractivity contribution is 5.84. The first-order valence-corrected chi connectivity index (χ1v) is 7.59. The van der Waals surface area contributed by atoms with Crippen LogP contribution < -0.4 is 10.6 Å². The van der Waals surface area contributed by atoms with Crippen molar-refractivity contribution >= 4 is 16.8 Å². The van der Waals surface area contributed by atoms with Crippen molar-refractivity contribution in [2.75, 3.05) is 6.54 Å². The second-order valence-electron chi connectivity index (χ2n) is 5.76. The summed E-state index contributed by atoms with van der Waals surface area (Å²) < 4.78 is 0. The molecule has 3 rings (SSSR count). The second-order valence-corrected chi connectivity index (χ2v) is 5.76. The fourth-order valence-corrected chi connectivity index (χ4v) is 3.00. The van der Waals surface area contributed by atoms with Gasteiger partial charge in [-0.25, -0.2) is 0 Å². The summed E-state index contributed by atoms with van der Waals surface area (Å²) in [6.07, 6.45) is 4.05. The summed E-state index contributed by atoms with van der Waals surface area (Å²) in [6, 6.07) is 9.97. The van der Waals surface area contributed by atoms with Crippen molar-refractivity contribution in [3.05, 3.63) is 42.1 Å². The molecule has 4 nitrogen and oxygen atoms in total. The molecule has 1 aromatic heterocycles. The highest BCUT2D eigenvalue weighted by Crippen LogP contribution is 2.17. The van der Waals surface area contributed by atoms with Crippen LogP contribution in [0.2, 0.25) is 0 Å². The lowest BCUT2D eigenvalue weighted by molar-refractivity contribution is -0.125. The zero-order valence-corrected chi connectivity index (χ0v) is 12.3. The third-order valence-corrected chi connectivity index (χ3v) is 4.22. The van der Waals surface area contributed by atoms with Crippen molar-refractivity contribution in [3.63, 3.8) is 0 Å². The SMILES string of the molecule is CC1CCCNC1C(=O)NCc1cccc2cccnc12. The molecule has 2 aromatic rings. The maximum absolute atomic E-state index is 12.3. The number of nitrogens with one attached hydrogen (secondary N) is 2. The number of hydrogen-bond acceptors (Lipinski definition) is 3. The smallest absolute Gasteiger partial charge is 0.237 e. The molecule has 110 valence electrons. The average Bonchev–Trinajstić information content (AvgIpc) is 2.53. The fourth-order valence-electron chi connectivity index (χ4n) is 3.00. The number of benzene rings is 1. The molecule has 2 N–H and O–H groups in total. The lowest BCUT2D eigenvalue weighted by Gasteiger charge is -2.29. The van der Waals surface area contributed by atoms with Crippen molar-refractivity contribution in [1.29, 1.82) is 0 Å². The molecule has 21 heavy (non-hydrogen) atoms. The minimum absolute atomic E-state index is 0.0679. The van der Waals surface area contributed by atoms with Gasteiger partial charge in [0.1, 0.15) is 0 Å². The van der Waals surface area contributed by atoms with E-state index in [1.807, 2.05) is 30.3 Å². The van der Waals surface area contributed by atoms with E-state index < -0.39 is 0 Å². The molecule has 2 atom stereocenters. The van der Waals surface area contributed by atoms with Gasteiger partial charge < -0.3 is 10.6 Å². The Morgan fingerprint density at radius 1 is 1.38 bits per heavy atom. The van der Waals surface area contributed by atoms with Crippen molar-refractivity contribution in [2.45, 2.75) is 32.4 Å². The minimum Gasteiger partial charge on any atom is -0.351 e. The third-order valence-electron chi connectivity index (χ3n) is 4.22. The highest BCUT2D eigenvalue weighted by atomic mass is 16.2. The van der Waals surface area contributed by atoms with Gasteiger partial charge in [-0.15, -0.1) is 0 Å². The van der Waals surface area contributed by atoms with Crippen LogP contribution in [0.25, 0.3) is 10.9 Å². The van der Waals surface area contributed by atoms with Crippen LogP contribution in [0.3, 0.4) is 0 Å². The number of hydrogen-bond donors (Lipinski definition) is 2. The zero-order valence-electron chi connectivity index (χ0n) is 12.3. The Morgan fingerprint density at radius 2 is 2.24 bits per heavy atom. The number of pyridine rings is 1. The maximum atomic E-state index is 12.3. The summed E-state index contributed by atoms with van der Waals surface area (Å²) in [5.74, 6) is 0.486. The largest absolute Gasteiger partial charge is 0.351 e. The number of carbonyl (C=O) groups is 1. The molecule has 0 aliphatic carbocycles. The van der Waals surface area contributed by atoms with Gasteiger partial charge in [0.25, 0.3) is 0 Å². The van der Waals surface area contributed by atoms with Gasteiger partial charge in [-0.3, -0.25) is 9.78 Å². The molecule has 0 saturated carbocycles. The van der Waals surface area contributed by atoms with Gasteiger partial charge in [-0.05, 0) is 36.9 Å². The van der Waals surface area contributed by atoms with E-state index in [0.717, 1.165) is 35.9 Å². The highest BCUT2D eigenvalue weighted by Gasteiger charge is 2.26. The van der Waals surface area contributed by atoms with E-state index in [1.54, 1.807) is 6.20 Å². The van der Waals surface area contributed by atoms with Crippen molar-refractivity contribution < 1.29 is 4.79 Å². The van der Waals surface area contributed by atoms with E-state index in [9.17, 15) is 4.79 Å². The number of para-hydroxylation sites is 1. The Labute approximate surface area is 125 Å². The summed E-state index contributed by atoms with van der Waals surface area (Å²) in [6.45, 7) is 3.59. The van der Waals surface area contributed by atoms with E-state index in [0.29, 0.717) is 12.5 Å². The van der Waals surface area contributed by atoms with Gasteiger partial charge >= 0.3 is 0 Å². The van der Waals surface area contributed by atoms with Gasteiger partial charge in [-0.2, -0.15) is 0 Å². The first-order chi connectivity index (χ1) is 10.3. The van der Waals surface area contributed by atoms with Gasteiger partial charge in [0.15, 0.2) is 0 Å². The van der Waals surface area contributed by atoms with Crippen molar-refractivity contribution in [1.82, 2.24) is 15.6 Å². The number of fused-ring (bicyclic) bond motifs is 1. The molecule has 1 saturated heterocycles. The van der Waals surface area contributed by atoms with Crippen LogP contribution in [0.4, 0.5) is 0 Å². The van der Waals surface area contributed by atoms with Crippen LogP contribution in [0.15, 0.2) is 36.5 Å². The Hall–Kier alpha value is -1.94. The lowest BCUT2D eigenvalue weighted by Crippen LogP contribution is -2.50. The maximum Gasteiger partial charge on any atom is 0.237 e. The zero-order chi connectivity index (χ0) is 14.7. The molecule has 1 amide bonds. The molecular formula is C17H21N3O. The van der Waals surface area contributed by atoms with Crippen LogP contribution in [-0.4, -0.2) is 23.5 Å². The van der Waals surface area contributed by atoms with Gasteiger partial charge in [0.05, 0.1) is 11.6 Å².